The fraction of sp³-hybridized carbons (Fsp3) is 0.538. The van der Waals surface area contributed by atoms with Crippen LogP contribution in [0.1, 0.15) is 26.3 Å². The van der Waals surface area contributed by atoms with Gasteiger partial charge in [0.15, 0.2) is 0 Å². The number of rotatable bonds is 6. The standard InChI is InChI=1S/C13H21NO/c1-4-14(5-2)13-9-7-12(8-10-13)11-15-6-3/h7-10H,4-6,11H2,1-3H3. The zero-order valence-corrected chi connectivity index (χ0v) is 9.99. The topological polar surface area (TPSA) is 12.5 Å². The van der Waals surface area contributed by atoms with E-state index in [2.05, 4.69) is 43.0 Å². The Morgan fingerprint density at radius 2 is 1.60 bits per heavy atom. The van der Waals surface area contributed by atoms with Gasteiger partial charge in [0.25, 0.3) is 0 Å². The average molecular weight is 207 g/mol. The van der Waals surface area contributed by atoms with Crippen molar-refractivity contribution in [2.75, 3.05) is 24.6 Å². The number of anilines is 1. The van der Waals surface area contributed by atoms with E-state index in [9.17, 15) is 0 Å². The second-order valence-corrected chi connectivity index (χ2v) is 3.48. The van der Waals surface area contributed by atoms with Crippen LogP contribution in [0.25, 0.3) is 0 Å². The Kier molecular flexibility index (Phi) is 5.19. The van der Waals surface area contributed by atoms with Gasteiger partial charge in [0.05, 0.1) is 6.61 Å². The molecule has 0 fully saturated rings. The number of ether oxygens (including phenoxy) is 1. The van der Waals surface area contributed by atoms with Crippen LogP contribution >= 0.6 is 0 Å². The molecule has 0 saturated carbocycles. The molecule has 0 spiro atoms. The average Bonchev–Trinajstić information content (AvgIpc) is 2.29. The van der Waals surface area contributed by atoms with E-state index in [0.29, 0.717) is 0 Å². The molecule has 0 amide bonds. The summed E-state index contributed by atoms with van der Waals surface area (Å²) in [5.41, 5.74) is 2.54. The molecule has 0 atom stereocenters. The molecular weight excluding hydrogens is 186 g/mol. The molecule has 0 aliphatic carbocycles. The molecule has 0 aliphatic heterocycles. The maximum atomic E-state index is 5.36. The van der Waals surface area contributed by atoms with Gasteiger partial charge in [0.2, 0.25) is 0 Å². The third-order valence-electron chi connectivity index (χ3n) is 2.54. The Morgan fingerprint density at radius 3 is 2.07 bits per heavy atom. The van der Waals surface area contributed by atoms with E-state index in [-0.39, 0.29) is 0 Å². The van der Waals surface area contributed by atoms with Gasteiger partial charge in [0, 0.05) is 25.4 Å². The third kappa shape index (κ3) is 3.56. The summed E-state index contributed by atoms with van der Waals surface area (Å²) < 4.78 is 5.36. The molecule has 0 aromatic heterocycles. The fourth-order valence-corrected chi connectivity index (χ4v) is 1.61. The molecule has 2 nitrogen and oxygen atoms in total. The zero-order chi connectivity index (χ0) is 11.1. The lowest BCUT2D eigenvalue weighted by molar-refractivity contribution is 0.134. The normalized spacial score (nSPS) is 10.3. The predicted octanol–water partition coefficient (Wildman–Crippen LogP) is 3.07. The van der Waals surface area contributed by atoms with Gasteiger partial charge in [0.1, 0.15) is 0 Å². The van der Waals surface area contributed by atoms with Crippen molar-refractivity contribution in [2.24, 2.45) is 0 Å². The summed E-state index contributed by atoms with van der Waals surface area (Å²) in [5, 5.41) is 0. The van der Waals surface area contributed by atoms with Crippen LogP contribution in [-0.2, 0) is 11.3 Å². The Balaban J connectivity index is 2.62. The number of nitrogens with zero attached hydrogens (tertiary/aromatic N) is 1. The number of hydrogen-bond acceptors (Lipinski definition) is 2. The minimum atomic E-state index is 0.717. The first-order chi connectivity index (χ1) is 7.31. The van der Waals surface area contributed by atoms with Gasteiger partial charge in [-0.15, -0.1) is 0 Å². The van der Waals surface area contributed by atoms with E-state index in [1.54, 1.807) is 0 Å². The molecule has 0 unspecified atom stereocenters. The lowest BCUT2D eigenvalue weighted by Crippen LogP contribution is -2.21. The van der Waals surface area contributed by atoms with E-state index >= 15 is 0 Å². The van der Waals surface area contributed by atoms with Gasteiger partial charge in [-0.3, -0.25) is 0 Å². The molecule has 0 N–H and O–H groups in total. The third-order valence-corrected chi connectivity index (χ3v) is 2.54. The van der Waals surface area contributed by atoms with Crippen LogP contribution in [0.15, 0.2) is 24.3 Å². The van der Waals surface area contributed by atoms with Crippen LogP contribution in [0.2, 0.25) is 0 Å². The molecule has 0 bridgehead atoms. The van der Waals surface area contributed by atoms with Gasteiger partial charge in [-0.05, 0) is 38.5 Å². The van der Waals surface area contributed by atoms with Crippen LogP contribution in [0.5, 0.6) is 0 Å². The van der Waals surface area contributed by atoms with Crippen LogP contribution in [-0.4, -0.2) is 19.7 Å². The molecule has 0 radical (unpaired) electrons. The summed E-state index contributed by atoms with van der Waals surface area (Å²) in [6.45, 7) is 9.98. The van der Waals surface area contributed by atoms with Gasteiger partial charge >= 0.3 is 0 Å². The molecule has 0 heterocycles. The van der Waals surface area contributed by atoms with Crippen LogP contribution < -0.4 is 4.90 Å². The smallest absolute Gasteiger partial charge is 0.0716 e. The summed E-state index contributed by atoms with van der Waals surface area (Å²) in [4.78, 5) is 2.34. The summed E-state index contributed by atoms with van der Waals surface area (Å²) in [6, 6.07) is 8.62. The first-order valence-electron chi connectivity index (χ1n) is 5.73. The molecule has 1 aromatic carbocycles. The van der Waals surface area contributed by atoms with Gasteiger partial charge in [-0.2, -0.15) is 0 Å². The molecule has 2 heteroatoms. The lowest BCUT2D eigenvalue weighted by atomic mass is 10.2. The Labute approximate surface area is 92.9 Å². The van der Waals surface area contributed by atoms with Gasteiger partial charge < -0.3 is 9.64 Å². The Bertz CT molecular complexity index is 264. The molecular formula is C13H21NO. The van der Waals surface area contributed by atoms with E-state index < -0.39 is 0 Å². The maximum Gasteiger partial charge on any atom is 0.0716 e. The number of hydrogen-bond donors (Lipinski definition) is 0. The molecule has 1 aromatic rings. The van der Waals surface area contributed by atoms with Crippen molar-refractivity contribution in [3.63, 3.8) is 0 Å². The fourth-order valence-electron chi connectivity index (χ4n) is 1.61. The Hall–Kier alpha value is -1.02. The summed E-state index contributed by atoms with van der Waals surface area (Å²) in [6.07, 6.45) is 0. The molecule has 0 aliphatic rings. The Morgan fingerprint density at radius 1 is 1.00 bits per heavy atom. The lowest BCUT2D eigenvalue weighted by Gasteiger charge is -2.21. The zero-order valence-electron chi connectivity index (χ0n) is 9.99. The molecule has 84 valence electrons. The van der Waals surface area contributed by atoms with Crippen molar-refractivity contribution < 1.29 is 4.74 Å². The monoisotopic (exact) mass is 207 g/mol. The summed E-state index contributed by atoms with van der Waals surface area (Å²) in [5.74, 6) is 0. The molecule has 0 saturated heterocycles. The van der Waals surface area contributed by atoms with Gasteiger partial charge in [-0.1, -0.05) is 12.1 Å². The van der Waals surface area contributed by atoms with Crippen molar-refractivity contribution in [2.45, 2.75) is 27.4 Å². The minimum absolute atomic E-state index is 0.717. The van der Waals surface area contributed by atoms with Crippen LogP contribution in [0.3, 0.4) is 0 Å². The van der Waals surface area contributed by atoms with Crippen LogP contribution in [0, 0.1) is 0 Å². The summed E-state index contributed by atoms with van der Waals surface area (Å²) >= 11 is 0. The predicted molar refractivity (Wildman–Crippen MR) is 65.3 cm³/mol. The highest BCUT2D eigenvalue weighted by molar-refractivity contribution is 5.47. The molecule has 15 heavy (non-hydrogen) atoms. The molecule has 1 rings (SSSR count). The largest absolute Gasteiger partial charge is 0.377 e. The van der Waals surface area contributed by atoms with E-state index in [1.807, 2.05) is 6.92 Å². The van der Waals surface area contributed by atoms with E-state index in [1.165, 1.54) is 11.3 Å². The van der Waals surface area contributed by atoms with Crippen LogP contribution in [0.4, 0.5) is 5.69 Å². The van der Waals surface area contributed by atoms with E-state index in [4.69, 9.17) is 4.74 Å². The van der Waals surface area contributed by atoms with Crippen molar-refractivity contribution in [3.8, 4) is 0 Å². The second kappa shape index (κ2) is 6.46. The minimum Gasteiger partial charge on any atom is -0.377 e. The second-order valence-electron chi connectivity index (χ2n) is 3.48. The SMILES string of the molecule is CCOCc1ccc(N(CC)CC)cc1. The van der Waals surface area contributed by atoms with Gasteiger partial charge in [-0.25, -0.2) is 0 Å². The highest BCUT2D eigenvalue weighted by atomic mass is 16.5. The first kappa shape index (κ1) is 12.1. The van der Waals surface area contributed by atoms with Crippen molar-refractivity contribution in [1.29, 1.82) is 0 Å². The van der Waals surface area contributed by atoms with Crippen molar-refractivity contribution >= 4 is 5.69 Å². The van der Waals surface area contributed by atoms with Crippen molar-refractivity contribution in [1.82, 2.24) is 0 Å². The maximum absolute atomic E-state index is 5.36. The highest BCUT2D eigenvalue weighted by Crippen LogP contribution is 2.15. The van der Waals surface area contributed by atoms with E-state index in [0.717, 1.165) is 26.3 Å². The quantitative estimate of drug-likeness (QED) is 0.711. The van der Waals surface area contributed by atoms with Crippen molar-refractivity contribution in [3.05, 3.63) is 29.8 Å². The first-order valence-corrected chi connectivity index (χ1v) is 5.73. The summed E-state index contributed by atoms with van der Waals surface area (Å²) in [7, 11) is 0. The number of benzene rings is 1. The highest BCUT2D eigenvalue weighted by Gasteiger charge is 2.00.